The Labute approximate surface area is 195 Å². The standard InChI is InChI=1S/C26H33N3O4/c1-17-7-9-19(10-8-17)27-25(30)16-29-21-5-4-6-22(29)14-20(13-21)28-26(31)18-11-23(32-2)15-24(12-18)33-3/h7-12,15,20-22H,4-6,13-14,16H2,1-3H3,(H,27,30)(H,28,31). The zero-order valence-electron chi connectivity index (χ0n) is 19.6. The first-order valence-electron chi connectivity index (χ1n) is 11.6. The van der Waals surface area contributed by atoms with Crippen LogP contribution in [0.3, 0.4) is 0 Å². The van der Waals surface area contributed by atoms with E-state index in [1.807, 2.05) is 31.2 Å². The van der Waals surface area contributed by atoms with E-state index in [0.717, 1.165) is 31.4 Å². The van der Waals surface area contributed by atoms with Crippen LogP contribution in [0.15, 0.2) is 42.5 Å². The second kappa shape index (κ2) is 10.3. The van der Waals surface area contributed by atoms with E-state index < -0.39 is 0 Å². The number of aryl methyl sites for hydroxylation is 1. The highest BCUT2D eigenvalue weighted by Crippen LogP contribution is 2.34. The molecular weight excluding hydrogens is 418 g/mol. The zero-order valence-corrected chi connectivity index (χ0v) is 19.6. The van der Waals surface area contributed by atoms with Gasteiger partial charge in [-0.1, -0.05) is 24.1 Å². The molecule has 33 heavy (non-hydrogen) atoms. The second-order valence-electron chi connectivity index (χ2n) is 9.07. The maximum atomic E-state index is 13.0. The van der Waals surface area contributed by atoms with Crippen molar-refractivity contribution in [3.05, 3.63) is 53.6 Å². The zero-order chi connectivity index (χ0) is 23.4. The molecule has 2 fully saturated rings. The molecule has 2 atom stereocenters. The number of hydrogen-bond donors (Lipinski definition) is 2. The third kappa shape index (κ3) is 5.66. The number of fused-ring (bicyclic) bond motifs is 2. The molecule has 0 saturated carbocycles. The van der Waals surface area contributed by atoms with Crippen LogP contribution in [0, 0.1) is 6.92 Å². The molecule has 0 radical (unpaired) electrons. The maximum Gasteiger partial charge on any atom is 0.251 e. The Kier molecular flexibility index (Phi) is 7.18. The van der Waals surface area contributed by atoms with Crippen LogP contribution in [0.1, 0.15) is 48.0 Å². The molecular formula is C26H33N3O4. The number of nitrogens with zero attached hydrogens (tertiary/aromatic N) is 1. The highest BCUT2D eigenvalue weighted by atomic mass is 16.5. The van der Waals surface area contributed by atoms with Crippen molar-refractivity contribution in [2.24, 2.45) is 0 Å². The van der Waals surface area contributed by atoms with Crippen LogP contribution in [-0.2, 0) is 4.79 Å². The third-order valence-electron chi connectivity index (χ3n) is 6.74. The molecule has 0 aromatic heterocycles. The average Bonchev–Trinajstić information content (AvgIpc) is 2.80. The predicted octanol–water partition coefficient (Wildman–Crippen LogP) is 3.77. The Morgan fingerprint density at radius 1 is 0.970 bits per heavy atom. The van der Waals surface area contributed by atoms with Crippen LogP contribution in [0.2, 0.25) is 0 Å². The van der Waals surface area contributed by atoms with Crippen molar-refractivity contribution in [1.82, 2.24) is 10.2 Å². The quantitative estimate of drug-likeness (QED) is 0.670. The summed E-state index contributed by atoms with van der Waals surface area (Å²) >= 11 is 0. The van der Waals surface area contributed by atoms with E-state index in [0.29, 0.717) is 35.7 Å². The molecule has 2 amide bonds. The van der Waals surface area contributed by atoms with E-state index in [1.165, 1.54) is 12.0 Å². The molecule has 2 aliphatic heterocycles. The van der Waals surface area contributed by atoms with Gasteiger partial charge in [0.2, 0.25) is 5.91 Å². The number of benzene rings is 2. The molecule has 2 saturated heterocycles. The lowest BCUT2D eigenvalue weighted by molar-refractivity contribution is -0.120. The van der Waals surface area contributed by atoms with E-state index in [-0.39, 0.29) is 17.9 Å². The van der Waals surface area contributed by atoms with Crippen LogP contribution >= 0.6 is 0 Å². The Bertz CT molecular complexity index is 955. The van der Waals surface area contributed by atoms with Gasteiger partial charge in [0.25, 0.3) is 5.91 Å². The van der Waals surface area contributed by atoms with Gasteiger partial charge in [0.1, 0.15) is 11.5 Å². The lowest BCUT2D eigenvalue weighted by atomic mass is 9.81. The van der Waals surface area contributed by atoms with Crippen molar-refractivity contribution < 1.29 is 19.1 Å². The minimum atomic E-state index is -0.124. The molecule has 7 heteroatoms. The summed E-state index contributed by atoms with van der Waals surface area (Å²) in [4.78, 5) is 28.0. The van der Waals surface area contributed by atoms with E-state index in [9.17, 15) is 9.59 Å². The van der Waals surface area contributed by atoms with Crippen molar-refractivity contribution in [3.8, 4) is 11.5 Å². The molecule has 0 aliphatic carbocycles. The van der Waals surface area contributed by atoms with E-state index in [4.69, 9.17) is 9.47 Å². The first-order chi connectivity index (χ1) is 15.9. The fourth-order valence-electron chi connectivity index (χ4n) is 5.06. The van der Waals surface area contributed by atoms with E-state index >= 15 is 0 Å². The van der Waals surface area contributed by atoms with E-state index in [1.54, 1.807) is 32.4 Å². The highest BCUT2D eigenvalue weighted by Gasteiger charge is 2.39. The van der Waals surface area contributed by atoms with Crippen LogP contribution in [-0.4, -0.2) is 55.6 Å². The smallest absolute Gasteiger partial charge is 0.251 e. The molecule has 2 aromatic rings. The number of anilines is 1. The van der Waals surface area contributed by atoms with Crippen molar-refractivity contribution >= 4 is 17.5 Å². The van der Waals surface area contributed by atoms with Gasteiger partial charge in [-0.25, -0.2) is 0 Å². The molecule has 0 spiro atoms. The molecule has 2 bridgehead atoms. The summed E-state index contributed by atoms with van der Waals surface area (Å²) in [5.74, 6) is 1.07. The van der Waals surface area contributed by atoms with Gasteiger partial charge in [0.15, 0.2) is 0 Å². The van der Waals surface area contributed by atoms with Gasteiger partial charge < -0.3 is 20.1 Å². The van der Waals surface area contributed by atoms with Crippen molar-refractivity contribution in [2.45, 2.75) is 57.2 Å². The Morgan fingerprint density at radius 3 is 2.15 bits per heavy atom. The van der Waals surface area contributed by atoms with Crippen LogP contribution < -0.4 is 20.1 Å². The Balaban J connectivity index is 1.37. The third-order valence-corrected chi connectivity index (χ3v) is 6.74. The lowest BCUT2D eigenvalue weighted by Gasteiger charge is -2.48. The number of nitrogens with one attached hydrogen (secondary N) is 2. The number of rotatable bonds is 7. The van der Waals surface area contributed by atoms with Crippen molar-refractivity contribution in [1.29, 1.82) is 0 Å². The Hall–Kier alpha value is -3.06. The maximum absolute atomic E-state index is 13.0. The SMILES string of the molecule is COc1cc(OC)cc(C(=O)NC2CC3CCCC(C2)N3CC(=O)Nc2ccc(C)cc2)c1. The number of carbonyl (C=O) groups excluding carboxylic acids is 2. The fourth-order valence-corrected chi connectivity index (χ4v) is 5.06. The summed E-state index contributed by atoms with van der Waals surface area (Å²) in [5, 5.41) is 6.23. The summed E-state index contributed by atoms with van der Waals surface area (Å²) in [6, 6.07) is 13.7. The Morgan fingerprint density at radius 2 is 1.58 bits per heavy atom. The summed E-state index contributed by atoms with van der Waals surface area (Å²) in [6.07, 6.45) is 4.96. The minimum Gasteiger partial charge on any atom is -0.497 e. The van der Waals surface area contributed by atoms with Crippen LogP contribution in [0.25, 0.3) is 0 Å². The topological polar surface area (TPSA) is 79.9 Å². The molecule has 2 unspecified atom stereocenters. The van der Waals surface area contributed by atoms with Crippen molar-refractivity contribution in [3.63, 3.8) is 0 Å². The average molecular weight is 452 g/mol. The largest absolute Gasteiger partial charge is 0.497 e. The molecule has 176 valence electrons. The van der Waals surface area contributed by atoms with Crippen LogP contribution in [0.5, 0.6) is 11.5 Å². The summed E-state index contributed by atoms with van der Waals surface area (Å²) in [5.41, 5.74) is 2.52. The monoisotopic (exact) mass is 451 g/mol. The molecule has 2 heterocycles. The molecule has 2 aromatic carbocycles. The first-order valence-corrected chi connectivity index (χ1v) is 11.6. The van der Waals surface area contributed by atoms with Gasteiger partial charge in [-0.15, -0.1) is 0 Å². The number of hydrogen-bond acceptors (Lipinski definition) is 5. The number of ether oxygens (including phenoxy) is 2. The van der Waals surface area contributed by atoms with Gasteiger partial charge in [0.05, 0.1) is 20.8 Å². The number of methoxy groups -OCH3 is 2. The molecule has 7 nitrogen and oxygen atoms in total. The number of carbonyl (C=O) groups is 2. The van der Waals surface area contributed by atoms with Gasteiger partial charge in [-0.05, 0) is 56.9 Å². The van der Waals surface area contributed by atoms with Gasteiger partial charge in [-0.2, -0.15) is 0 Å². The van der Waals surface area contributed by atoms with Gasteiger partial charge in [-0.3, -0.25) is 14.5 Å². The van der Waals surface area contributed by atoms with E-state index in [2.05, 4.69) is 15.5 Å². The van der Waals surface area contributed by atoms with Gasteiger partial charge >= 0.3 is 0 Å². The summed E-state index contributed by atoms with van der Waals surface area (Å²) in [7, 11) is 3.14. The number of piperidine rings is 2. The number of amides is 2. The first kappa shape index (κ1) is 23.1. The molecule has 2 N–H and O–H groups in total. The van der Waals surface area contributed by atoms with Crippen LogP contribution in [0.4, 0.5) is 5.69 Å². The highest BCUT2D eigenvalue weighted by molar-refractivity contribution is 5.95. The summed E-state index contributed by atoms with van der Waals surface area (Å²) < 4.78 is 10.6. The fraction of sp³-hybridized carbons (Fsp3) is 0.462. The molecule has 2 aliphatic rings. The minimum absolute atomic E-state index is 0.0155. The molecule has 4 rings (SSSR count). The van der Waals surface area contributed by atoms with Crippen molar-refractivity contribution in [2.75, 3.05) is 26.1 Å². The second-order valence-corrected chi connectivity index (χ2v) is 9.07. The van der Waals surface area contributed by atoms with Gasteiger partial charge in [0, 0.05) is 35.4 Å². The summed E-state index contributed by atoms with van der Waals surface area (Å²) in [6.45, 7) is 2.41. The predicted molar refractivity (Wildman–Crippen MR) is 128 cm³/mol. The normalized spacial score (nSPS) is 22.3. The lowest BCUT2D eigenvalue weighted by Crippen LogP contribution is -2.58.